The van der Waals surface area contributed by atoms with Crippen LogP contribution >= 0.6 is 0 Å². The third-order valence-electron chi connectivity index (χ3n) is 7.16. The van der Waals surface area contributed by atoms with E-state index in [0.29, 0.717) is 32.1 Å². The largest absolute Gasteiger partial charge is 0.494 e. The molecular weight excluding hydrogens is 418 g/mol. The minimum absolute atomic E-state index is 0.0838. The highest BCUT2D eigenvalue weighted by Gasteiger charge is 2.60. The molecule has 2 heterocycles. The monoisotopic (exact) mass is 447 g/mol. The van der Waals surface area contributed by atoms with Crippen LogP contribution in [0.4, 0.5) is 4.79 Å². The van der Waals surface area contributed by atoms with Crippen molar-refractivity contribution < 1.29 is 19.4 Å². The number of nitrogen functional groups attached to an aromatic ring is 1. The van der Waals surface area contributed by atoms with E-state index in [2.05, 4.69) is 5.32 Å². The summed E-state index contributed by atoms with van der Waals surface area (Å²) >= 11 is 0. The molecule has 11 heteroatoms. The second-order valence-corrected chi connectivity index (χ2v) is 9.46. The summed E-state index contributed by atoms with van der Waals surface area (Å²) in [5, 5.41) is 20.3. The van der Waals surface area contributed by atoms with E-state index in [9.17, 15) is 24.3 Å². The number of carbonyl (C=O) groups excluding carboxylic acids is 2. The highest BCUT2D eigenvalue weighted by Crippen LogP contribution is 2.60. The predicted octanol–water partition coefficient (Wildman–Crippen LogP) is 1.09. The van der Waals surface area contributed by atoms with Crippen LogP contribution < -0.4 is 22.3 Å². The zero-order chi connectivity index (χ0) is 23.3. The molecule has 1 aliphatic heterocycles. The number of nitrogens with two attached hydrogens (primary N) is 1. The first-order valence-corrected chi connectivity index (χ1v) is 11.1. The van der Waals surface area contributed by atoms with Gasteiger partial charge in [0.25, 0.3) is 5.56 Å². The third-order valence-corrected chi connectivity index (χ3v) is 7.16. The molecule has 0 aromatic carbocycles. The maximum absolute atomic E-state index is 13.1. The molecular formula is C21H29N5O6. The van der Waals surface area contributed by atoms with Crippen molar-refractivity contribution in [1.29, 1.82) is 5.41 Å². The van der Waals surface area contributed by atoms with Gasteiger partial charge in [0.2, 0.25) is 11.8 Å². The number of alkyl carbamates (subject to hydrolysis) is 1. The van der Waals surface area contributed by atoms with Crippen molar-refractivity contribution in [3.63, 3.8) is 0 Å². The zero-order valence-corrected chi connectivity index (χ0v) is 18.1. The van der Waals surface area contributed by atoms with Crippen LogP contribution in [0.2, 0.25) is 0 Å². The Labute approximate surface area is 184 Å². The molecule has 2 spiro atoms. The molecule has 3 fully saturated rings. The first-order chi connectivity index (χ1) is 15.1. The Morgan fingerprint density at radius 2 is 1.91 bits per heavy atom. The number of unbranched alkanes of at least 4 members (excludes halogenated alkanes) is 1. The minimum Gasteiger partial charge on any atom is -0.494 e. The molecule has 2 aliphatic carbocycles. The molecule has 2 amide bonds. The van der Waals surface area contributed by atoms with Crippen molar-refractivity contribution in [3.05, 3.63) is 26.4 Å². The van der Waals surface area contributed by atoms with Crippen molar-refractivity contribution >= 4 is 17.8 Å². The predicted molar refractivity (Wildman–Crippen MR) is 114 cm³/mol. The summed E-state index contributed by atoms with van der Waals surface area (Å²) in [4.78, 5) is 49.5. The lowest BCUT2D eigenvalue weighted by molar-refractivity contribution is -0.170. The van der Waals surface area contributed by atoms with Crippen LogP contribution in [0.25, 0.3) is 0 Å². The Kier molecular flexibility index (Phi) is 5.38. The first kappa shape index (κ1) is 22.1. The number of hydrogen-bond acceptors (Lipinski definition) is 7. The number of ether oxygens (including phenoxy) is 1. The number of hydrogen-bond donors (Lipinski definition) is 4. The van der Waals surface area contributed by atoms with Gasteiger partial charge in [-0.05, 0) is 50.4 Å². The second kappa shape index (κ2) is 7.79. The number of imide groups is 1. The number of rotatable bonds is 5. The average Bonchev–Trinajstić information content (AvgIpc) is 2.67. The standard InChI is InChI=1S/C21H29N5O6/c1-2-3-8-25-16(28)14(15(22)23)17(29)26(19(25)31)12-4-6-20(7-5-12)10-21(11-20)9-13(27)24-18(30)32-21/h12,28H,2-11H2,1H3,(H3,22,23)(H,24,27,30). The van der Waals surface area contributed by atoms with Gasteiger partial charge in [0, 0.05) is 12.6 Å². The van der Waals surface area contributed by atoms with Gasteiger partial charge in [0.15, 0.2) is 0 Å². The van der Waals surface area contributed by atoms with Gasteiger partial charge in [-0.3, -0.25) is 29.4 Å². The number of nitrogens with zero attached hydrogens (tertiary/aromatic N) is 2. The number of aromatic nitrogens is 2. The van der Waals surface area contributed by atoms with E-state index >= 15 is 0 Å². The molecule has 2 saturated carbocycles. The summed E-state index contributed by atoms with van der Waals surface area (Å²) in [7, 11) is 0. The molecule has 4 rings (SSSR count). The summed E-state index contributed by atoms with van der Waals surface area (Å²) in [6.07, 6.45) is 4.61. The topological polar surface area (TPSA) is 169 Å². The van der Waals surface area contributed by atoms with Crippen LogP contribution in [-0.4, -0.2) is 37.7 Å². The Morgan fingerprint density at radius 1 is 1.25 bits per heavy atom. The smallest absolute Gasteiger partial charge is 0.414 e. The molecule has 32 heavy (non-hydrogen) atoms. The lowest BCUT2D eigenvalue weighted by Crippen LogP contribution is -2.61. The molecule has 0 radical (unpaired) electrons. The van der Waals surface area contributed by atoms with E-state index in [0.717, 1.165) is 28.4 Å². The van der Waals surface area contributed by atoms with Crippen LogP contribution in [0.15, 0.2) is 9.59 Å². The van der Waals surface area contributed by atoms with Gasteiger partial charge < -0.3 is 15.6 Å². The molecule has 1 saturated heterocycles. The van der Waals surface area contributed by atoms with Gasteiger partial charge >= 0.3 is 11.8 Å². The van der Waals surface area contributed by atoms with E-state index in [1.54, 1.807) is 0 Å². The number of aromatic hydroxyl groups is 1. The number of amides is 2. The van der Waals surface area contributed by atoms with Crippen LogP contribution in [0.5, 0.6) is 5.88 Å². The van der Waals surface area contributed by atoms with Crippen LogP contribution in [0.1, 0.15) is 76.3 Å². The van der Waals surface area contributed by atoms with E-state index in [1.165, 1.54) is 0 Å². The fourth-order valence-electron chi connectivity index (χ4n) is 5.78. The van der Waals surface area contributed by atoms with E-state index in [-0.39, 0.29) is 35.9 Å². The summed E-state index contributed by atoms with van der Waals surface area (Å²) < 4.78 is 7.69. The molecule has 1 aromatic rings. The maximum atomic E-state index is 13.1. The molecule has 0 bridgehead atoms. The van der Waals surface area contributed by atoms with Crippen molar-refractivity contribution in [2.24, 2.45) is 11.1 Å². The molecule has 0 atom stereocenters. The first-order valence-electron chi connectivity index (χ1n) is 11.1. The van der Waals surface area contributed by atoms with Gasteiger partial charge in [-0.15, -0.1) is 0 Å². The zero-order valence-electron chi connectivity index (χ0n) is 18.1. The molecule has 0 unspecified atom stereocenters. The fourth-order valence-corrected chi connectivity index (χ4v) is 5.78. The number of nitrogens with one attached hydrogen (secondary N) is 2. The normalized spacial score (nSPS) is 29.5. The van der Waals surface area contributed by atoms with Gasteiger partial charge in [0.1, 0.15) is 17.0 Å². The Bertz CT molecular complexity index is 1070. The fraction of sp³-hybridized carbons (Fsp3) is 0.667. The summed E-state index contributed by atoms with van der Waals surface area (Å²) in [6, 6.07) is -0.374. The summed E-state index contributed by atoms with van der Waals surface area (Å²) in [6.45, 7) is 2.18. The maximum Gasteiger partial charge on any atom is 0.414 e. The SMILES string of the molecule is CCCCn1c(O)c(C(=N)N)c(=O)n(C2CCC3(CC2)CC2(CC(=O)NC(=O)O2)C3)c1=O. The van der Waals surface area contributed by atoms with E-state index in [1.807, 2.05) is 6.92 Å². The number of carbonyl (C=O) groups is 2. The average molecular weight is 447 g/mol. The Balaban J connectivity index is 1.56. The number of amidine groups is 1. The van der Waals surface area contributed by atoms with Crippen molar-refractivity contribution in [2.45, 2.75) is 82.9 Å². The minimum atomic E-state index is -0.740. The molecule has 3 aliphatic rings. The Morgan fingerprint density at radius 3 is 2.47 bits per heavy atom. The molecule has 5 N–H and O–H groups in total. The second-order valence-electron chi connectivity index (χ2n) is 9.46. The van der Waals surface area contributed by atoms with Crippen LogP contribution in [0.3, 0.4) is 0 Å². The van der Waals surface area contributed by atoms with Crippen molar-refractivity contribution in [1.82, 2.24) is 14.5 Å². The van der Waals surface area contributed by atoms with Crippen molar-refractivity contribution in [2.75, 3.05) is 0 Å². The summed E-state index contributed by atoms with van der Waals surface area (Å²) in [5.41, 5.74) is 3.06. The third kappa shape index (κ3) is 3.59. The molecule has 11 nitrogen and oxygen atoms in total. The van der Waals surface area contributed by atoms with Gasteiger partial charge in [-0.25, -0.2) is 9.59 Å². The van der Waals surface area contributed by atoms with Crippen LogP contribution in [0, 0.1) is 10.8 Å². The quantitative estimate of drug-likeness (QED) is 0.387. The van der Waals surface area contributed by atoms with Crippen molar-refractivity contribution in [3.8, 4) is 5.88 Å². The lowest BCUT2D eigenvalue weighted by atomic mass is 9.52. The molecule has 174 valence electrons. The highest BCUT2D eigenvalue weighted by molar-refractivity contribution is 5.96. The lowest BCUT2D eigenvalue weighted by Gasteiger charge is -2.58. The Hall–Kier alpha value is -3.11. The summed E-state index contributed by atoms with van der Waals surface area (Å²) in [5.74, 6) is -1.45. The highest BCUT2D eigenvalue weighted by atomic mass is 16.6. The van der Waals surface area contributed by atoms with E-state index in [4.69, 9.17) is 15.9 Å². The van der Waals surface area contributed by atoms with Crippen LogP contribution in [-0.2, 0) is 16.1 Å². The van der Waals surface area contributed by atoms with Gasteiger partial charge in [-0.2, -0.15) is 0 Å². The van der Waals surface area contributed by atoms with Gasteiger partial charge in [-0.1, -0.05) is 13.3 Å². The van der Waals surface area contributed by atoms with E-state index < -0.39 is 34.7 Å². The van der Waals surface area contributed by atoms with Gasteiger partial charge in [0.05, 0.1) is 6.42 Å². The molecule has 1 aromatic heterocycles.